The highest BCUT2D eigenvalue weighted by Gasteiger charge is 2.15. The first-order valence-corrected chi connectivity index (χ1v) is 6.69. The maximum absolute atomic E-state index is 11.8. The van der Waals surface area contributed by atoms with Crippen molar-refractivity contribution in [2.75, 3.05) is 0 Å². The lowest BCUT2D eigenvalue weighted by Gasteiger charge is -2.22. The van der Waals surface area contributed by atoms with Gasteiger partial charge in [-0.05, 0) is 37.0 Å². The molecule has 1 saturated carbocycles. The van der Waals surface area contributed by atoms with Crippen molar-refractivity contribution in [3.63, 3.8) is 0 Å². The van der Waals surface area contributed by atoms with E-state index < -0.39 is 0 Å². The van der Waals surface area contributed by atoms with Crippen LogP contribution in [0.1, 0.15) is 43.2 Å². The van der Waals surface area contributed by atoms with Gasteiger partial charge in [-0.25, -0.2) is 4.79 Å². The highest BCUT2D eigenvalue weighted by molar-refractivity contribution is 5.74. The van der Waals surface area contributed by atoms with Crippen LogP contribution < -0.4 is 10.6 Å². The molecular formula is C14H21N3O. The zero-order valence-corrected chi connectivity index (χ0v) is 10.9. The molecule has 0 radical (unpaired) electrons. The molecule has 1 heterocycles. The molecule has 0 atom stereocenters. The average Bonchev–Trinajstić information content (AvgIpc) is 2.39. The van der Waals surface area contributed by atoms with Crippen LogP contribution in [0.5, 0.6) is 0 Å². The van der Waals surface area contributed by atoms with Gasteiger partial charge in [-0.15, -0.1) is 0 Å². The maximum atomic E-state index is 11.8. The van der Waals surface area contributed by atoms with Crippen molar-refractivity contribution in [1.82, 2.24) is 15.6 Å². The van der Waals surface area contributed by atoms with Gasteiger partial charge in [0.25, 0.3) is 0 Å². The maximum Gasteiger partial charge on any atom is 0.315 e. The Morgan fingerprint density at radius 2 is 2.17 bits per heavy atom. The highest BCUT2D eigenvalue weighted by Crippen LogP contribution is 2.17. The van der Waals surface area contributed by atoms with Crippen molar-refractivity contribution < 1.29 is 4.79 Å². The Balaban J connectivity index is 1.76. The number of hydrogen-bond donors (Lipinski definition) is 2. The first kappa shape index (κ1) is 12.9. The van der Waals surface area contributed by atoms with Gasteiger partial charge < -0.3 is 10.6 Å². The topological polar surface area (TPSA) is 54.0 Å². The van der Waals surface area contributed by atoms with Crippen LogP contribution in [-0.2, 0) is 6.54 Å². The van der Waals surface area contributed by atoms with Gasteiger partial charge in [-0.2, -0.15) is 0 Å². The summed E-state index contributed by atoms with van der Waals surface area (Å²) in [5.74, 6) is 0. The van der Waals surface area contributed by atoms with Crippen LogP contribution in [-0.4, -0.2) is 17.1 Å². The van der Waals surface area contributed by atoms with Gasteiger partial charge in [0, 0.05) is 25.0 Å². The predicted molar refractivity (Wildman–Crippen MR) is 71.2 cm³/mol. The molecule has 0 aliphatic heterocycles. The van der Waals surface area contributed by atoms with E-state index in [2.05, 4.69) is 15.6 Å². The second-order valence-corrected chi connectivity index (χ2v) is 4.96. The second kappa shape index (κ2) is 6.38. The van der Waals surface area contributed by atoms with Crippen LogP contribution in [0.25, 0.3) is 0 Å². The lowest BCUT2D eigenvalue weighted by molar-refractivity contribution is 0.232. The Labute approximate surface area is 108 Å². The summed E-state index contributed by atoms with van der Waals surface area (Å²) < 4.78 is 0. The Morgan fingerprint density at radius 3 is 2.89 bits per heavy atom. The average molecular weight is 247 g/mol. The van der Waals surface area contributed by atoms with E-state index in [1.54, 1.807) is 6.20 Å². The van der Waals surface area contributed by atoms with Gasteiger partial charge in [0.2, 0.25) is 0 Å². The molecule has 0 unspecified atom stereocenters. The SMILES string of the molecule is Cc1cnccc1CNC(=O)NC1CCCCC1. The molecule has 1 aliphatic carbocycles. The number of urea groups is 1. The van der Waals surface area contributed by atoms with Gasteiger partial charge in [0.15, 0.2) is 0 Å². The fraction of sp³-hybridized carbons (Fsp3) is 0.571. The summed E-state index contributed by atoms with van der Waals surface area (Å²) in [6, 6.07) is 2.24. The van der Waals surface area contributed by atoms with Crippen molar-refractivity contribution in [3.05, 3.63) is 29.6 Å². The number of pyridine rings is 1. The number of nitrogens with zero attached hydrogens (tertiary/aromatic N) is 1. The molecule has 0 saturated heterocycles. The van der Waals surface area contributed by atoms with E-state index in [9.17, 15) is 4.79 Å². The summed E-state index contributed by atoms with van der Waals surface area (Å²) in [6.45, 7) is 2.57. The third-order valence-corrected chi connectivity index (χ3v) is 3.52. The minimum Gasteiger partial charge on any atom is -0.335 e. The van der Waals surface area contributed by atoms with E-state index in [0.717, 1.165) is 24.0 Å². The van der Waals surface area contributed by atoms with Gasteiger partial charge in [-0.3, -0.25) is 4.98 Å². The smallest absolute Gasteiger partial charge is 0.315 e. The minimum atomic E-state index is -0.0573. The lowest BCUT2D eigenvalue weighted by atomic mass is 9.96. The number of amides is 2. The first-order valence-electron chi connectivity index (χ1n) is 6.69. The molecule has 98 valence electrons. The number of rotatable bonds is 3. The summed E-state index contributed by atoms with van der Waals surface area (Å²) in [7, 11) is 0. The van der Waals surface area contributed by atoms with E-state index in [-0.39, 0.29) is 6.03 Å². The molecule has 18 heavy (non-hydrogen) atoms. The van der Waals surface area contributed by atoms with Crippen LogP contribution in [0.3, 0.4) is 0 Å². The Hall–Kier alpha value is -1.58. The number of nitrogens with one attached hydrogen (secondary N) is 2. The summed E-state index contributed by atoms with van der Waals surface area (Å²) >= 11 is 0. The van der Waals surface area contributed by atoms with E-state index in [4.69, 9.17) is 0 Å². The van der Waals surface area contributed by atoms with Crippen molar-refractivity contribution in [2.24, 2.45) is 0 Å². The fourth-order valence-electron chi connectivity index (χ4n) is 2.36. The van der Waals surface area contributed by atoms with E-state index in [0.29, 0.717) is 12.6 Å². The molecule has 1 aromatic rings. The van der Waals surface area contributed by atoms with Crippen molar-refractivity contribution in [2.45, 2.75) is 51.6 Å². The summed E-state index contributed by atoms with van der Waals surface area (Å²) in [5.41, 5.74) is 2.22. The normalized spacial score (nSPS) is 16.3. The summed E-state index contributed by atoms with van der Waals surface area (Å²) in [5, 5.41) is 5.95. The van der Waals surface area contributed by atoms with E-state index >= 15 is 0 Å². The molecule has 2 N–H and O–H groups in total. The first-order chi connectivity index (χ1) is 8.75. The third kappa shape index (κ3) is 3.72. The molecule has 2 rings (SSSR count). The molecule has 1 aromatic heterocycles. The fourth-order valence-corrected chi connectivity index (χ4v) is 2.36. The van der Waals surface area contributed by atoms with Crippen molar-refractivity contribution in [1.29, 1.82) is 0 Å². The van der Waals surface area contributed by atoms with Crippen LogP contribution in [0, 0.1) is 6.92 Å². The molecule has 0 bridgehead atoms. The molecule has 4 heteroatoms. The Kier molecular flexibility index (Phi) is 4.56. The zero-order valence-electron chi connectivity index (χ0n) is 10.9. The van der Waals surface area contributed by atoms with Crippen LogP contribution >= 0.6 is 0 Å². The monoisotopic (exact) mass is 247 g/mol. The molecule has 0 spiro atoms. The predicted octanol–water partition coefficient (Wildman–Crippen LogP) is 2.52. The second-order valence-electron chi connectivity index (χ2n) is 4.96. The molecule has 4 nitrogen and oxygen atoms in total. The number of carbonyl (C=O) groups is 1. The molecule has 0 aromatic carbocycles. The minimum absolute atomic E-state index is 0.0573. The number of aryl methyl sites for hydroxylation is 1. The van der Waals surface area contributed by atoms with Gasteiger partial charge in [-0.1, -0.05) is 19.3 Å². The van der Waals surface area contributed by atoms with Crippen molar-refractivity contribution >= 4 is 6.03 Å². The largest absolute Gasteiger partial charge is 0.335 e. The van der Waals surface area contributed by atoms with Crippen LogP contribution in [0.15, 0.2) is 18.5 Å². The number of carbonyl (C=O) groups excluding carboxylic acids is 1. The van der Waals surface area contributed by atoms with Gasteiger partial charge >= 0.3 is 6.03 Å². The standard InChI is InChI=1S/C14H21N3O/c1-11-9-15-8-7-12(11)10-16-14(18)17-13-5-3-2-4-6-13/h7-9,13H,2-6,10H2,1H3,(H2,16,17,18). The van der Waals surface area contributed by atoms with E-state index in [1.807, 2.05) is 19.2 Å². The Morgan fingerprint density at radius 1 is 1.39 bits per heavy atom. The third-order valence-electron chi connectivity index (χ3n) is 3.52. The molecule has 1 fully saturated rings. The quantitative estimate of drug-likeness (QED) is 0.862. The zero-order chi connectivity index (χ0) is 12.8. The van der Waals surface area contributed by atoms with Crippen molar-refractivity contribution in [3.8, 4) is 0 Å². The lowest BCUT2D eigenvalue weighted by Crippen LogP contribution is -2.42. The highest BCUT2D eigenvalue weighted by atomic mass is 16.2. The van der Waals surface area contributed by atoms with Crippen LogP contribution in [0.2, 0.25) is 0 Å². The van der Waals surface area contributed by atoms with Gasteiger partial charge in [0.1, 0.15) is 0 Å². The van der Waals surface area contributed by atoms with Gasteiger partial charge in [0.05, 0.1) is 0 Å². The van der Waals surface area contributed by atoms with Crippen LogP contribution in [0.4, 0.5) is 4.79 Å². The Bertz CT molecular complexity index is 400. The number of hydrogen-bond acceptors (Lipinski definition) is 2. The van der Waals surface area contributed by atoms with E-state index in [1.165, 1.54) is 19.3 Å². The summed E-state index contributed by atoms with van der Waals surface area (Å²) in [6.07, 6.45) is 9.56. The number of aromatic nitrogens is 1. The molecular weight excluding hydrogens is 226 g/mol. The summed E-state index contributed by atoms with van der Waals surface area (Å²) in [4.78, 5) is 15.8. The molecule has 1 aliphatic rings. The molecule has 2 amide bonds.